The van der Waals surface area contributed by atoms with E-state index in [1.54, 1.807) is 0 Å². The Hall–Kier alpha value is 0.137. The third-order valence-electron chi connectivity index (χ3n) is 0.446. The molecule has 1 unspecified atom stereocenters. The van der Waals surface area contributed by atoms with Crippen molar-refractivity contribution in [2.45, 2.75) is 12.1 Å². The minimum absolute atomic E-state index is 0.163. The molecule has 0 heterocycles. The van der Waals surface area contributed by atoms with Crippen LogP contribution in [0.5, 0.6) is 0 Å². The lowest BCUT2D eigenvalue weighted by molar-refractivity contribution is 0.110. The molecule has 0 rings (SSSR count). The van der Waals surface area contributed by atoms with Gasteiger partial charge in [-0.25, -0.2) is 0 Å². The van der Waals surface area contributed by atoms with Crippen molar-refractivity contribution >= 4 is 10.2 Å². The molecule has 3 radical (unpaired) electrons. The Balaban J connectivity index is 2.75. The Kier molecular flexibility index (Phi) is 3.41. The fourth-order valence-corrected chi connectivity index (χ4v) is 0.194. The maximum atomic E-state index is 8.37. The summed E-state index contributed by atoms with van der Waals surface area (Å²) in [6, 6.07) is 0.441. The molecule has 2 nitrogen and oxygen atoms in total. The second-order valence-corrected chi connectivity index (χ2v) is 1.45. The number of rotatable bonds is 2. The van der Waals surface area contributed by atoms with Gasteiger partial charge in [-0.3, -0.25) is 0 Å². The SMILES string of the molecule is OCC(O)C[Si]. The fraction of sp³-hybridized carbons (Fsp3) is 1.00. The normalized spacial score (nSPS) is 14.5. The quantitative estimate of drug-likeness (QED) is 0.437. The zero-order valence-corrected chi connectivity index (χ0v) is 4.39. The molecule has 35 valence electrons. The Morgan fingerprint density at radius 1 is 1.67 bits per heavy atom. The van der Waals surface area contributed by atoms with Crippen LogP contribution in [-0.2, 0) is 0 Å². The highest BCUT2D eigenvalue weighted by Crippen LogP contribution is 1.81. The van der Waals surface area contributed by atoms with Gasteiger partial charge in [-0.05, 0) is 6.04 Å². The van der Waals surface area contributed by atoms with Crippen LogP contribution in [0.2, 0.25) is 6.04 Å². The standard InChI is InChI=1S/C3H7O2Si/c4-1-3(5)2-6/h3-5H,1-2H2. The largest absolute Gasteiger partial charge is 0.394 e. The zero-order valence-electron chi connectivity index (χ0n) is 3.39. The van der Waals surface area contributed by atoms with Crippen LogP contribution in [0.4, 0.5) is 0 Å². The topological polar surface area (TPSA) is 40.5 Å². The van der Waals surface area contributed by atoms with Crippen molar-refractivity contribution in [3.63, 3.8) is 0 Å². The molecule has 2 N–H and O–H groups in total. The predicted molar refractivity (Wildman–Crippen MR) is 23.7 cm³/mol. The zero-order chi connectivity index (χ0) is 4.99. The van der Waals surface area contributed by atoms with Crippen LogP contribution in [0.15, 0.2) is 0 Å². The average Bonchev–Trinajstić information content (AvgIpc) is 1.65. The molecule has 0 amide bonds. The molecule has 0 aromatic heterocycles. The second-order valence-electron chi connectivity index (χ2n) is 1.04. The molecular weight excluding hydrogens is 96.1 g/mol. The predicted octanol–water partition coefficient (Wildman–Crippen LogP) is -1.07. The third kappa shape index (κ3) is 2.38. The van der Waals surface area contributed by atoms with Crippen LogP contribution >= 0.6 is 0 Å². The molecule has 1 atom stereocenters. The van der Waals surface area contributed by atoms with Crippen molar-refractivity contribution in [1.29, 1.82) is 0 Å². The van der Waals surface area contributed by atoms with E-state index < -0.39 is 6.10 Å². The molecule has 0 aliphatic rings. The molecule has 0 bridgehead atoms. The summed E-state index contributed by atoms with van der Waals surface area (Å²) >= 11 is 0. The third-order valence-corrected chi connectivity index (χ3v) is 0.918. The van der Waals surface area contributed by atoms with Crippen molar-refractivity contribution in [2.75, 3.05) is 6.61 Å². The van der Waals surface area contributed by atoms with Gasteiger partial charge in [0.05, 0.1) is 12.7 Å². The van der Waals surface area contributed by atoms with Gasteiger partial charge in [0.1, 0.15) is 0 Å². The Morgan fingerprint density at radius 3 is 2.17 bits per heavy atom. The molecule has 0 aliphatic heterocycles. The van der Waals surface area contributed by atoms with Crippen LogP contribution in [0.3, 0.4) is 0 Å². The lowest BCUT2D eigenvalue weighted by atomic mass is 10.4. The molecule has 0 spiro atoms. The fourth-order valence-electron chi connectivity index (χ4n) is 0.0645. The molecule has 0 saturated heterocycles. The van der Waals surface area contributed by atoms with Crippen LogP contribution in [0.25, 0.3) is 0 Å². The van der Waals surface area contributed by atoms with E-state index in [1.807, 2.05) is 0 Å². The monoisotopic (exact) mass is 103 g/mol. The first-order valence-electron chi connectivity index (χ1n) is 1.74. The van der Waals surface area contributed by atoms with Gasteiger partial charge in [0.25, 0.3) is 0 Å². The summed E-state index contributed by atoms with van der Waals surface area (Å²) in [6.45, 7) is -0.163. The van der Waals surface area contributed by atoms with E-state index in [0.717, 1.165) is 0 Å². The maximum Gasteiger partial charge on any atom is 0.0741 e. The lowest BCUT2D eigenvalue weighted by Crippen LogP contribution is -2.09. The first-order valence-corrected chi connectivity index (χ1v) is 2.45. The number of aliphatic hydroxyl groups excluding tert-OH is 2. The Morgan fingerprint density at radius 2 is 2.17 bits per heavy atom. The summed E-state index contributed by atoms with van der Waals surface area (Å²) in [5, 5.41) is 16.4. The summed E-state index contributed by atoms with van der Waals surface area (Å²) < 4.78 is 0. The molecule has 0 saturated carbocycles. The van der Waals surface area contributed by atoms with Crippen LogP contribution in [-0.4, -0.2) is 33.2 Å². The van der Waals surface area contributed by atoms with Gasteiger partial charge >= 0.3 is 0 Å². The maximum absolute atomic E-state index is 8.37. The smallest absolute Gasteiger partial charge is 0.0741 e. The summed E-state index contributed by atoms with van der Waals surface area (Å²) in [7, 11) is 3.01. The Labute approximate surface area is 40.2 Å². The van der Waals surface area contributed by atoms with E-state index in [0.29, 0.717) is 6.04 Å². The average molecular weight is 103 g/mol. The first-order chi connectivity index (χ1) is 2.81. The highest BCUT2D eigenvalue weighted by Gasteiger charge is 1.92. The van der Waals surface area contributed by atoms with E-state index in [1.165, 1.54) is 0 Å². The van der Waals surface area contributed by atoms with Gasteiger partial charge in [-0.2, -0.15) is 0 Å². The van der Waals surface area contributed by atoms with E-state index in [9.17, 15) is 0 Å². The highest BCUT2D eigenvalue weighted by molar-refractivity contribution is 6.08. The van der Waals surface area contributed by atoms with Crippen molar-refractivity contribution < 1.29 is 10.2 Å². The minimum Gasteiger partial charge on any atom is -0.394 e. The molecule has 0 aromatic rings. The van der Waals surface area contributed by atoms with Gasteiger partial charge in [0, 0.05) is 10.2 Å². The molecule has 0 aromatic carbocycles. The highest BCUT2D eigenvalue weighted by atomic mass is 28.1. The summed E-state index contributed by atoms with van der Waals surface area (Å²) in [4.78, 5) is 0. The van der Waals surface area contributed by atoms with Gasteiger partial charge in [0.2, 0.25) is 0 Å². The summed E-state index contributed by atoms with van der Waals surface area (Å²) in [5.41, 5.74) is 0. The molecular formula is C3H7O2Si. The van der Waals surface area contributed by atoms with E-state index in [-0.39, 0.29) is 6.61 Å². The molecule has 6 heavy (non-hydrogen) atoms. The molecule has 3 heteroatoms. The van der Waals surface area contributed by atoms with Crippen LogP contribution in [0.1, 0.15) is 0 Å². The summed E-state index contributed by atoms with van der Waals surface area (Å²) in [5.74, 6) is 0. The van der Waals surface area contributed by atoms with Gasteiger partial charge in [0.15, 0.2) is 0 Å². The minimum atomic E-state index is -0.596. The Bertz CT molecular complexity index is 28.0. The van der Waals surface area contributed by atoms with E-state index >= 15 is 0 Å². The molecule has 0 aliphatic carbocycles. The molecule has 0 fully saturated rings. The van der Waals surface area contributed by atoms with Gasteiger partial charge in [-0.15, -0.1) is 0 Å². The number of hydrogen-bond acceptors (Lipinski definition) is 2. The van der Waals surface area contributed by atoms with Crippen LogP contribution in [0, 0.1) is 0 Å². The van der Waals surface area contributed by atoms with Crippen molar-refractivity contribution in [3.05, 3.63) is 0 Å². The van der Waals surface area contributed by atoms with Crippen molar-refractivity contribution in [3.8, 4) is 0 Å². The van der Waals surface area contributed by atoms with E-state index in [4.69, 9.17) is 10.2 Å². The van der Waals surface area contributed by atoms with Crippen molar-refractivity contribution in [1.82, 2.24) is 0 Å². The number of hydrogen-bond donors (Lipinski definition) is 2. The van der Waals surface area contributed by atoms with Crippen LogP contribution < -0.4 is 0 Å². The lowest BCUT2D eigenvalue weighted by Gasteiger charge is -1.97. The second kappa shape index (κ2) is 3.33. The summed E-state index contributed by atoms with van der Waals surface area (Å²) in [6.07, 6.45) is -0.596. The number of aliphatic hydroxyl groups is 2. The van der Waals surface area contributed by atoms with Gasteiger partial charge < -0.3 is 10.2 Å². The van der Waals surface area contributed by atoms with E-state index in [2.05, 4.69) is 10.2 Å². The van der Waals surface area contributed by atoms with Gasteiger partial charge in [-0.1, -0.05) is 0 Å². The first kappa shape index (κ1) is 6.14. The van der Waals surface area contributed by atoms with Crippen molar-refractivity contribution in [2.24, 2.45) is 0 Å².